The zero-order valence-electron chi connectivity index (χ0n) is 16.2. The van der Waals surface area contributed by atoms with E-state index in [1.807, 2.05) is 40.8 Å². The quantitative estimate of drug-likeness (QED) is 0.211. The molecule has 0 spiro atoms. The van der Waals surface area contributed by atoms with Crippen LogP contribution in [-0.4, -0.2) is 36.2 Å². The number of aromatic nitrogens is 3. The van der Waals surface area contributed by atoms with Gasteiger partial charge in [0.15, 0.2) is 5.82 Å². The molecule has 4 rings (SSSR count). The number of amides is 2. The molecule has 2 amide bonds. The van der Waals surface area contributed by atoms with Crippen LogP contribution in [0.5, 0.6) is 5.75 Å². The second kappa shape index (κ2) is 9.02. The molecule has 1 aliphatic carbocycles. The molecule has 7 nitrogen and oxygen atoms in total. The maximum atomic E-state index is 12.3. The van der Waals surface area contributed by atoms with Gasteiger partial charge in [-0.25, -0.2) is 14.5 Å². The summed E-state index contributed by atoms with van der Waals surface area (Å²) >= 11 is 6.73. The van der Waals surface area contributed by atoms with Gasteiger partial charge in [-0.15, -0.1) is 18.3 Å². The second-order valence-corrected chi connectivity index (χ2v) is 9.23. The Morgan fingerprint density at radius 1 is 1.16 bits per heavy atom. The molecule has 1 atom stereocenters. The van der Waals surface area contributed by atoms with Gasteiger partial charge in [-0.1, -0.05) is 24.4 Å². The predicted molar refractivity (Wildman–Crippen MR) is 123 cm³/mol. The Kier molecular flexibility index (Phi) is 6.33. The zero-order chi connectivity index (χ0) is 22.9. The number of hydrogen-bond donors (Lipinski definition) is 2. The number of hydrogen-bond acceptors (Lipinski definition) is 5. The average Bonchev–Trinajstić information content (AvgIpc) is 3.32. The van der Waals surface area contributed by atoms with Gasteiger partial charge in [-0.3, -0.25) is 5.32 Å². The Bertz CT molecular complexity index is 1170. The van der Waals surface area contributed by atoms with Gasteiger partial charge in [0, 0.05) is 11.6 Å². The smallest absolute Gasteiger partial charge is 0.406 e. The van der Waals surface area contributed by atoms with Crippen LogP contribution in [0.3, 0.4) is 0 Å². The third-order valence-electron chi connectivity index (χ3n) is 4.77. The summed E-state index contributed by atoms with van der Waals surface area (Å²) in [6, 6.07) is 10.9. The fourth-order valence-corrected chi connectivity index (χ4v) is 3.83. The van der Waals surface area contributed by atoms with Crippen molar-refractivity contribution in [3.63, 3.8) is 0 Å². The van der Waals surface area contributed by atoms with Crippen molar-refractivity contribution in [1.29, 1.82) is 0 Å². The SMILES string of the molecule is O=C(NC(=S)I)NC1Cc2ccc(-c3ncn(-c4ccc(OC(F)(F)F)cc4)n3)cc2C1. The summed E-state index contributed by atoms with van der Waals surface area (Å²) in [7, 11) is 0. The largest absolute Gasteiger partial charge is 0.573 e. The van der Waals surface area contributed by atoms with Gasteiger partial charge in [0.05, 0.1) is 5.69 Å². The molecule has 1 aliphatic rings. The van der Waals surface area contributed by atoms with Crippen LogP contribution < -0.4 is 15.4 Å². The molecule has 0 aliphatic heterocycles. The lowest BCUT2D eigenvalue weighted by Crippen LogP contribution is -2.43. The van der Waals surface area contributed by atoms with Gasteiger partial charge in [0.1, 0.15) is 15.1 Å². The number of ether oxygens (including phenoxy) is 1. The van der Waals surface area contributed by atoms with E-state index >= 15 is 0 Å². The molecule has 0 saturated carbocycles. The minimum absolute atomic E-state index is 0.0334. The minimum atomic E-state index is -4.74. The third kappa shape index (κ3) is 5.54. The van der Waals surface area contributed by atoms with Crippen molar-refractivity contribution in [1.82, 2.24) is 25.4 Å². The van der Waals surface area contributed by atoms with Crippen LogP contribution in [0.25, 0.3) is 17.1 Å². The monoisotopic (exact) mass is 573 g/mol. The molecule has 0 fully saturated rings. The van der Waals surface area contributed by atoms with Crippen molar-refractivity contribution in [3.05, 3.63) is 59.9 Å². The van der Waals surface area contributed by atoms with E-state index in [0.29, 0.717) is 27.3 Å². The highest BCUT2D eigenvalue weighted by Crippen LogP contribution is 2.28. The molecule has 2 N–H and O–H groups in total. The molecule has 0 radical (unpaired) electrons. The minimum Gasteiger partial charge on any atom is -0.406 e. The van der Waals surface area contributed by atoms with Crippen LogP contribution in [0, 0.1) is 0 Å². The van der Waals surface area contributed by atoms with E-state index < -0.39 is 6.36 Å². The first-order valence-electron chi connectivity index (χ1n) is 9.33. The number of carbonyl (C=O) groups excluding carboxylic acids is 1. The summed E-state index contributed by atoms with van der Waals surface area (Å²) in [6.07, 6.45) is -1.86. The number of fused-ring (bicyclic) bond motifs is 1. The standard InChI is InChI=1S/C20H15F3IN5O2S/c21-20(22,23)31-16-5-3-15(4-6-16)29-10-25-17(28-29)12-2-1-11-8-14(9-13(11)7-12)26-19(30)27-18(24)32/h1-7,10,14H,8-9H2,(H2,26,27,30,32). The molecule has 0 saturated heterocycles. The molecule has 1 heterocycles. The van der Waals surface area contributed by atoms with Crippen molar-refractivity contribution >= 4 is 43.8 Å². The van der Waals surface area contributed by atoms with Crippen LogP contribution in [0.15, 0.2) is 48.8 Å². The summed E-state index contributed by atoms with van der Waals surface area (Å²) in [4.78, 5) is 16.2. The second-order valence-electron chi connectivity index (χ2n) is 7.02. The first-order valence-corrected chi connectivity index (χ1v) is 10.8. The predicted octanol–water partition coefficient (Wildman–Crippen LogP) is 4.32. The number of alkyl halides is 3. The number of nitrogens with one attached hydrogen (secondary N) is 2. The maximum absolute atomic E-state index is 12.3. The summed E-state index contributed by atoms with van der Waals surface area (Å²) in [5, 5.41) is 9.88. The fraction of sp³-hybridized carbons (Fsp3) is 0.200. The van der Waals surface area contributed by atoms with E-state index in [0.717, 1.165) is 16.7 Å². The zero-order valence-corrected chi connectivity index (χ0v) is 19.2. The highest BCUT2D eigenvalue weighted by atomic mass is 127. The first kappa shape index (κ1) is 22.5. The number of rotatable bonds is 4. The van der Waals surface area contributed by atoms with Crippen LogP contribution >= 0.6 is 34.8 Å². The molecule has 3 aromatic rings. The topological polar surface area (TPSA) is 81.1 Å². The normalized spacial score (nSPS) is 15.2. The van der Waals surface area contributed by atoms with Crippen molar-refractivity contribution < 1.29 is 22.7 Å². The van der Waals surface area contributed by atoms with E-state index in [1.54, 1.807) is 0 Å². The molecule has 1 aromatic heterocycles. The summed E-state index contributed by atoms with van der Waals surface area (Å²) in [5.74, 6) is 0.171. The van der Waals surface area contributed by atoms with Crippen LogP contribution in [-0.2, 0) is 12.8 Å². The lowest BCUT2D eigenvalue weighted by atomic mass is 10.1. The molecule has 32 heavy (non-hydrogen) atoms. The lowest BCUT2D eigenvalue weighted by molar-refractivity contribution is -0.274. The van der Waals surface area contributed by atoms with Gasteiger partial charge in [0.2, 0.25) is 0 Å². The Morgan fingerprint density at radius 3 is 2.56 bits per heavy atom. The van der Waals surface area contributed by atoms with E-state index in [9.17, 15) is 18.0 Å². The third-order valence-corrected chi connectivity index (χ3v) is 5.14. The number of urea groups is 1. The average molecular weight is 573 g/mol. The first-order chi connectivity index (χ1) is 15.2. The Labute approximate surface area is 199 Å². The van der Waals surface area contributed by atoms with E-state index in [1.165, 1.54) is 35.3 Å². The molecular formula is C20H15F3IN5O2S. The number of benzene rings is 2. The lowest BCUT2D eigenvalue weighted by Gasteiger charge is -2.11. The number of nitrogens with zero attached hydrogens (tertiary/aromatic N) is 3. The molecule has 12 heteroatoms. The Hall–Kier alpha value is -2.74. The molecule has 0 bridgehead atoms. The molecule has 2 aromatic carbocycles. The van der Waals surface area contributed by atoms with Gasteiger partial charge in [0.25, 0.3) is 0 Å². The van der Waals surface area contributed by atoms with Crippen molar-refractivity contribution in [3.8, 4) is 22.8 Å². The van der Waals surface area contributed by atoms with E-state index in [2.05, 4.69) is 25.5 Å². The van der Waals surface area contributed by atoms with Crippen molar-refractivity contribution in [2.75, 3.05) is 0 Å². The van der Waals surface area contributed by atoms with Gasteiger partial charge in [-0.05, 0) is 76.9 Å². The molecule has 166 valence electrons. The van der Waals surface area contributed by atoms with Crippen LogP contribution in [0.2, 0.25) is 0 Å². The highest BCUT2D eigenvalue weighted by molar-refractivity contribution is 14.1. The number of thiocarbonyl (C=S) groups is 1. The van der Waals surface area contributed by atoms with Gasteiger partial charge >= 0.3 is 12.4 Å². The Morgan fingerprint density at radius 2 is 1.88 bits per heavy atom. The van der Waals surface area contributed by atoms with E-state index in [-0.39, 0.29) is 17.8 Å². The van der Waals surface area contributed by atoms with Gasteiger partial charge < -0.3 is 10.1 Å². The van der Waals surface area contributed by atoms with E-state index in [4.69, 9.17) is 12.2 Å². The van der Waals surface area contributed by atoms with Crippen molar-refractivity contribution in [2.24, 2.45) is 0 Å². The highest BCUT2D eigenvalue weighted by Gasteiger charge is 2.31. The maximum Gasteiger partial charge on any atom is 0.573 e. The summed E-state index contributed by atoms with van der Waals surface area (Å²) in [5.41, 5.74) is 3.58. The van der Waals surface area contributed by atoms with Crippen LogP contribution in [0.4, 0.5) is 18.0 Å². The molecular weight excluding hydrogens is 558 g/mol. The Balaban J connectivity index is 1.45. The summed E-state index contributed by atoms with van der Waals surface area (Å²) < 4.78 is 42.7. The van der Waals surface area contributed by atoms with Gasteiger partial charge in [-0.2, -0.15) is 0 Å². The number of halogens is 4. The summed E-state index contributed by atoms with van der Waals surface area (Å²) in [6.45, 7) is 0. The fourth-order valence-electron chi connectivity index (χ4n) is 3.49. The van der Waals surface area contributed by atoms with Crippen molar-refractivity contribution in [2.45, 2.75) is 25.2 Å². The molecule has 1 unspecified atom stereocenters. The number of carbonyl (C=O) groups is 1. The van der Waals surface area contributed by atoms with Crippen LogP contribution in [0.1, 0.15) is 11.1 Å².